The molecule has 1 N–H and O–H groups in total. The minimum atomic E-state index is -0.193. The van der Waals surface area contributed by atoms with Crippen LogP contribution in [0.2, 0.25) is 0 Å². The van der Waals surface area contributed by atoms with Crippen LogP contribution in [0.5, 0.6) is 0 Å². The van der Waals surface area contributed by atoms with E-state index >= 15 is 0 Å². The molecule has 1 aliphatic carbocycles. The third-order valence-electron chi connectivity index (χ3n) is 3.04. The smallest absolute Gasteiger partial charge is 0.143 e. The fourth-order valence-electron chi connectivity index (χ4n) is 2.14. The van der Waals surface area contributed by atoms with E-state index in [9.17, 15) is 0 Å². The third kappa shape index (κ3) is 1.07. The Morgan fingerprint density at radius 1 is 1.21 bits per heavy atom. The Bertz CT molecular complexity index is 356. The summed E-state index contributed by atoms with van der Waals surface area (Å²) in [5.41, 5.74) is 3.91. The van der Waals surface area contributed by atoms with Crippen molar-refractivity contribution in [1.29, 1.82) is 0 Å². The summed E-state index contributed by atoms with van der Waals surface area (Å²) < 4.78 is 0. The molecule has 1 heterocycles. The number of hydroxylamine groups is 1. The lowest BCUT2D eigenvalue weighted by atomic mass is 9.89. The number of nitrogens with one attached hydrogen (secondary N) is 1. The monoisotopic (exact) mass is 187 g/mol. The maximum atomic E-state index is 5.69. The van der Waals surface area contributed by atoms with E-state index in [2.05, 4.69) is 35.8 Å². The first-order valence-electron chi connectivity index (χ1n) is 5.08. The summed E-state index contributed by atoms with van der Waals surface area (Å²) in [5, 5.41) is 0. The largest absolute Gasteiger partial charge is 0.273 e. The molecule has 2 aliphatic rings. The van der Waals surface area contributed by atoms with Gasteiger partial charge in [-0.05, 0) is 30.4 Å². The van der Waals surface area contributed by atoms with Gasteiger partial charge in [-0.15, -0.1) is 0 Å². The van der Waals surface area contributed by atoms with Crippen molar-refractivity contribution in [3.05, 3.63) is 48.2 Å². The van der Waals surface area contributed by atoms with Crippen molar-refractivity contribution in [2.45, 2.75) is 18.4 Å². The molecule has 0 radical (unpaired) electrons. The molecule has 3 rings (SSSR count). The molecule has 2 nitrogen and oxygen atoms in total. The van der Waals surface area contributed by atoms with Crippen molar-refractivity contribution in [3.8, 4) is 0 Å². The van der Waals surface area contributed by atoms with Crippen LogP contribution in [0.15, 0.2) is 42.6 Å². The molecule has 1 unspecified atom stereocenters. The molecule has 0 saturated heterocycles. The number of rotatable bonds is 2. The van der Waals surface area contributed by atoms with Crippen molar-refractivity contribution in [2.24, 2.45) is 5.92 Å². The summed E-state index contributed by atoms with van der Waals surface area (Å²) >= 11 is 0. The first kappa shape index (κ1) is 8.06. The van der Waals surface area contributed by atoms with E-state index in [1.165, 1.54) is 18.4 Å². The molecular weight excluding hydrogens is 174 g/mol. The van der Waals surface area contributed by atoms with Gasteiger partial charge in [0.25, 0.3) is 0 Å². The van der Waals surface area contributed by atoms with Gasteiger partial charge in [0.05, 0.1) is 0 Å². The average molecular weight is 187 g/mol. The number of benzene rings is 1. The van der Waals surface area contributed by atoms with Crippen LogP contribution in [0.4, 0.5) is 0 Å². The molecular formula is C12H13NO. The molecule has 14 heavy (non-hydrogen) atoms. The quantitative estimate of drug-likeness (QED) is 0.767. The predicted molar refractivity (Wildman–Crippen MR) is 54.2 cm³/mol. The van der Waals surface area contributed by atoms with Crippen molar-refractivity contribution in [2.75, 3.05) is 0 Å². The lowest BCUT2D eigenvalue weighted by Gasteiger charge is -2.25. The van der Waals surface area contributed by atoms with Crippen LogP contribution in [0.3, 0.4) is 0 Å². The highest BCUT2D eigenvalue weighted by Gasteiger charge is 2.48. The summed E-state index contributed by atoms with van der Waals surface area (Å²) in [5.74, 6) is 0.649. The van der Waals surface area contributed by atoms with Crippen LogP contribution in [-0.4, -0.2) is 0 Å². The molecule has 1 aromatic rings. The lowest BCUT2D eigenvalue weighted by Crippen LogP contribution is -2.29. The van der Waals surface area contributed by atoms with Crippen LogP contribution in [0.25, 0.3) is 0 Å². The van der Waals surface area contributed by atoms with Gasteiger partial charge in [0.2, 0.25) is 0 Å². The summed E-state index contributed by atoms with van der Waals surface area (Å²) in [6.07, 6.45) is 6.56. The zero-order chi connectivity index (χ0) is 9.43. The molecule has 1 aliphatic heterocycles. The normalized spacial score (nSPS) is 30.3. The Balaban J connectivity index is 2.04. The molecule has 1 fully saturated rings. The van der Waals surface area contributed by atoms with E-state index in [-0.39, 0.29) is 5.60 Å². The molecule has 72 valence electrons. The van der Waals surface area contributed by atoms with Gasteiger partial charge in [-0.2, -0.15) is 0 Å². The Morgan fingerprint density at radius 2 is 2.00 bits per heavy atom. The second-order valence-electron chi connectivity index (χ2n) is 3.99. The van der Waals surface area contributed by atoms with Gasteiger partial charge in [0.15, 0.2) is 0 Å². The lowest BCUT2D eigenvalue weighted by molar-refractivity contribution is -0.0561. The minimum absolute atomic E-state index is 0.193. The molecule has 1 atom stereocenters. The zero-order valence-corrected chi connectivity index (χ0v) is 7.94. The predicted octanol–water partition coefficient (Wildman–Crippen LogP) is 2.34. The molecule has 0 bridgehead atoms. The standard InChI is InChI=1S/C12H13NO/c1-2-4-10(5-3-1)12(11-6-7-11)8-9-13-14-12/h1-5,8-9,11,13H,6-7H2. The first-order valence-corrected chi connectivity index (χ1v) is 5.08. The molecule has 0 spiro atoms. The van der Waals surface area contributed by atoms with Gasteiger partial charge in [0.1, 0.15) is 5.60 Å². The van der Waals surface area contributed by atoms with Gasteiger partial charge in [-0.1, -0.05) is 30.3 Å². The highest BCUT2D eigenvalue weighted by atomic mass is 16.7. The summed E-state index contributed by atoms with van der Waals surface area (Å²) in [6.45, 7) is 0. The van der Waals surface area contributed by atoms with Crippen LogP contribution >= 0.6 is 0 Å². The topological polar surface area (TPSA) is 21.3 Å². The molecule has 0 amide bonds. The summed E-state index contributed by atoms with van der Waals surface area (Å²) in [6, 6.07) is 10.4. The molecule has 0 aromatic heterocycles. The highest BCUT2D eigenvalue weighted by molar-refractivity contribution is 5.31. The van der Waals surface area contributed by atoms with Gasteiger partial charge in [-0.3, -0.25) is 10.3 Å². The Morgan fingerprint density at radius 3 is 2.57 bits per heavy atom. The van der Waals surface area contributed by atoms with Gasteiger partial charge >= 0.3 is 0 Å². The maximum Gasteiger partial charge on any atom is 0.143 e. The van der Waals surface area contributed by atoms with Crippen molar-refractivity contribution >= 4 is 0 Å². The second kappa shape index (κ2) is 2.85. The van der Waals surface area contributed by atoms with E-state index in [4.69, 9.17) is 4.84 Å². The fourth-order valence-corrected chi connectivity index (χ4v) is 2.14. The van der Waals surface area contributed by atoms with Crippen LogP contribution in [-0.2, 0) is 10.4 Å². The highest BCUT2D eigenvalue weighted by Crippen LogP contribution is 2.49. The maximum absolute atomic E-state index is 5.69. The molecule has 1 saturated carbocycles. The number of hydrogen-bond donors (Lipinski definition) is 1. The Kier molecular flexibility index (Phi) is 1.64. The fraction of sp³-hybridized carbons (Fsp3) is 0.333. The Hall–Kier alpha value is -1.28. The molecule has 1 aromatic carbocycles. The molecule has 2 heteroatoms. The summed E-state index contributed by atoms with van der Waals surface area (Å²) in [7, 11) is 0. The van der Waals surface area contributed by atoms with E-state index < -0.39 is 0 Å². The minimum Gasteiger partial charge on any atom is -0.273 e. The van der Waals surface area contributed by atoms with E-state index in [1.54, 1.807) is 0 Å². The van der Waals surface area contributed by atoms with Gasteiger partial charge < -0.3 is 0 Å². The Labute approximate surface area is 83.5 Å². The summed E-state index contributed by atoms with van der Waals surface area (Å²) in [4.78, 5) is 5.69. The van der Waals surface area contributed by atoms with Crippen LogP contribution in [0.1, 0.15) is 18.4 Å². The van der Waals surface area contributed by atoms with Crippen LogP contribution in [0, 0.1) is 5.92 Å². The van der Waals surface area contributed by atoms with E-state index in [0.717, 1.165) is 0 Å². The van der Waals surface area contributed by atoms with E-state index in [0.29, 0.717) is 5.92 Å². The second-order valence-corrected chi connectivity index (χ2v) is 3.99. The average Bonchev–Trinajstić information content (AvgIpc) is 2.99. The van der Waals surface area contributed by atoms with Gasteiger partial charge in [-0.25, -0.2) is 0 Å². The van der Waals surface area contributed by atoms with Crippen molar-refractivity contribution in [1.82, 2.24) is 5.48 Å². The number of hydrogen-bond acceptors (Lipinski definition) is 2. The van der Waals surface area contributed by atoms with Gasteiger partial charge in [0, 0.05) is 6.20 Å². The van der Waals surface area contributed by atoms with Crippen LogP contribution < -0.4 is 5.48 Å². The zero-order valence-electron chi connectivity index (χ0n) is 7.94. The first-order chi connectivity index (χ1) is 6.92. The SMILES string of the molecule is C1=CC(c2ccccc2)(C2CC2)ON1. The van der Waals surface area contributed by atoms with E-state index in [1.807, 2.05) is 12.3 Å². The van der Waals surface area contributed by atoms with Crippen molar-refractivity contribution in [3.63, 3.8) is 0 Å². The third-order valence-corrected chi connectivity index (χ3v) is 3.04. The van der Waals surface area contributed by atoms with Crippen molar-refractivity contribution < 1.29 is 4.84 Å².